The number of aryl methyl sites for hydroxylation is 3. The van der Waals surface area contributed by atoms with E-state index in [9.17, 15) is 0 Å². The van der Waals surface area contributed by atoms with Crippen molar-refractivity contribution < 1.29 is 4.43 Å². The summed E-state index contributed by atoms with van der Waals surface area (Å²) >= 11 is 0. The van der Waals surface area contributed by atoms with Gasteiger partial charge < -0.3 is 4.43 Å². The van der Waals surface area contributed by atoms with E-state index in [0.29, 0.717) is 11.1 Å². The van der Waals surface area contributed by atoms with E-state index in [4.69, 9.17) is 4.43 Å². The highest BCUT2D eigenvalue weighted by atomic mass is 31.1. The lowest BCUT2D eigenvalue weighted by Crippen LogP contribution is -2.47. The Morgan fingerprint density at radius 2 is 1.23 bits per heavy atom. The molecule has 0 amide bonds. The first-order valence-electron chi connectivity index (χ1n) is 14.7. The predicted octanol–water partition coefficient (Wildman–Crippen LogP) is 11.3. The maximum atomic E-state index is 7.48. The van der Waals surface area contributed by atoms with Crippen molar-refractivity contribution in [3.8, 4) is 0 Å². The zero-order valence-corrected chi connectivity index (χ0v) is 28.7. The molecule has 40 heavy (non-hydrogen) atoms. The van der Waals surface area contributed by atoms with E-state index in [0.717, 1.165) is 5.76 Å². The second kappa shape index (κ2) is 13.0. The minimum Gasteiger partial charge on any atom is -0.541 e. The molecule has 0 heterocycles. The monoisotopic (exact) mass is 570 g/mol. The van der Waals surface area contributed by atoms with Gasteiger partial charge in [0.15, 0.2) is 0 Å². The van der Waals surface area contributed by atoms with Gasteiger partial charge in [-0.2, -0.15) is 0 Å². The number of rotatable bonds is 10. The van der Waals surface area contributed by atoms with Gasteiger partial charge in [0.25, 0.3) is 8.32 Å². The average Bonchev–Trinajstić information content (AvgIpc) is 2.85. The SMILES string of the molecule is C=C(C)[Si](O/C(=C/P(c1c(C)cc(C)cc1C)C(c1ccccc1)c1ccccc1)C(C)(C)C)(C(C)C)C(C)C. The fourth-order valence-electron chi connectivity index (χ4n) is 6.29. The molecule has 0 saturated carbocycles. The molecule has 0 saturated heterocycles. The maximum absolute atomic E-state index is 7.48. The molecule has 214 valence electrons. The van der Waals surface area contributed by atoms with Crippen molar-refractivity contribution in [3.63, 3.8) is 0 Å². The Hall–Kier alpha value is -2.41. The van der Waals surface area contributed by atoms with Gasteiger partial charge in [-0.05, 0) is 80.1 Å². The van der Waals surface area contributed by atoms with Crippen molar-refractivity contribution in [3.05, 3.63) is 124 Å². The number of benzene rings is 3. The minimum absolute atomic E-state index is 0.150. The number of allylic oxidation sites excluding steroid dienone is 2. The van der Waals surface area contributed by atoms with Gasteiger partial charge in [0, 0.05) is 11.1 Å². The summed E-state index contributed by atoms with van der Waals surface area (Å²) in [5.74, 6) is 3.67. The molecule has 1 atom stereocenters. The van der Waals surface area contributed by atoms with Gasteiger partial charge in [-0.15, -0.1) is 6.58 Å². The molecule has 3 rings (SSSR count). The van der Waals surface area contributed by atoms with Gasteiger partial charge >= 0.3 is 0 Å². The van der Waals surface area contributed by atoms with E-state index < -0.39 is 16.2 Å². The van der Waals surface area contributed by atoms with Crippen LogP contribution >= 0.6 is 7.92 Å². The van der Waals surface area contributed by atoms with Gasteiger partial charge in [0.05, 0.1) is 5.76 Å². The summed E-state index contributed by atoms with van der Waals surface area (Å²) in [5, 5.41) is 2.68. The Bertz CT molecular complexity index is 1240. The van der Waals surface area contributed by atoms with Crippen LogP contribution in [-0.2, 0) is 4.43 Å². The van der Waals surface area contributed by atoms with Gasteiger partial charge in [0.1, 0.15) is 0 Å². The van der Waals surface area contributed by atoms with Crippen molar-refractivity contribution in [1.29, 1.82) is 0 Å². The first kappa shape index (κ1) is 32.1. The van der Waals surface area contributed by atoms with E-state index in [1.807, 2.05) is 0 Å². The zero-order chi connectivity index (χ0) is 29.8. The second-order valence-electron chi connectivity index (χ2n) is 13.1. The Kier molecular flexibility index (Phi) is 10.5. The minimum atomic E-state index is -2.35. The molecule has 3 aromatic rings. The first-order chi connectivity index (χ1) is 18.7. The van der Waals surface area contributed by atoms with Gasteiger partial charge in [-0.3, -0.25) is 0 Å². The van der Waals surface area contributed by atoms with E-state index in [-0.39, 0.29) is 11.1 Å². The lowest BCUT2D eigenvalue weighted by molar-refractivity contribution is 0.277. The quantitative estimate of drug-likeness (QED) is 0.134. The van der Waals surface area contributed by atoms with Crippen LogP contribution in [0.4, 0.5) is 0 Å². The van der Waals surface area contributed by atoms with Crippen LogP contribution < -0.4 is 5.30 Å². The molecule has 0 N–H and O–H groups in total. The molecule has 0 aromatic heterocycles. The summed E-state index contributed by atoms with van der Waals surface area (Å²) in [5.41, 5.74) is 7.63. The van der Waals surface area contributed by atoms with Crippen molar-refractivity contribution in [1.82, 2.24) is 0 Å². The predicted molar refractivity (Wildman–Crippen MR) is 181 cm³/mol. The number of hydrogen-bond donors (Lipinski definition) is 0. The third-order valence-corrected chi connectivity index (χ3v) is 16.3. The third-order valence-electron chi connectivity index (χ3n) is 8.06. The Morgan fingerprint density at radius 1 is 0.800 bits per heavy atom. The zero-order valence-electron chi connectivity index (χ0n) is 26.8. The Labute approximate surface area is 247 Å². The summed E-state index contributed by atoms with van der Waals surface area (Å²) < 4.78 is 7.48. The topological polar surface area (TPSA) is 9.23 Å². The van der Waals surface area contributed by atoms with Crippen LogP contribution in [0.3, 0.4) is 0 Å². The Morgan fingerprint density at radius 3 is 1.57 bits per heavy atom. The molecule has 3 heteroatoms. The van der Waals surface area contributed by atoms with Crippen LogP contribution in [0.15, 0.2) is 96.1 Å². The van der Waals surface area contributed by atoms with Crippen LogP contribution in [0.2, 0.25) is 11.1 Å². The molecular formula is C37H51OPSi. The van der Waals surface area contributed by atoms with Gasteiger partial charge in [0.2, 0.25) is 0 Å². The fraction of sp³-hybridized carbons (Fsp3) is 0.405. The summed E-state index contributed by atoms with van der Waals surface area (Å²) in [6.45, 7) is 29.7. The van der Waals surface area contributed by atoms with Gasteiger partial charge in [-0.1, -0.05) is 132 Å². The standard InChI is InChI=1S/C37H51OPSi/c1-26(2)40(27(3)4,28(5)6)38-34(37(10,11)12)25-39(35-30(8)23-29(7)24-31(35)9)36(32-19-15-13-16-20-32)33-21-17-14-18-22-33/h13-25,27-28,36H,1H2,2-12H3/b34-25+. The van der Waals surface area contributed by atoms with Gasteiger partial charge in [-0.25, -0.2) is 0 Å². The molecule has 3 aromatic carbocycles. The largest absolute Gasteiger partial charge is 0.541 e. The van der Waals surface area contributed by atoms with Crippen LogP contribution in [0.25, 0.3) is 0 Å². The highest BCUT2D eigenvalue weighted by Crippen LogP contribution is 2.58. The normalized spacial score (nSPS) is 13.7. The van der Waals surface area contributed by atoms with E-state index >= 15 is 0 Å². The highest BCUT2D eigenvalue weighted by Gasteiger charge is 2.47. The second-order valence-corrected chi connectivity index (χ2v) is 20.1. The van der Waals surface area contributed by atoms with Crippen LogP contribution in [0, 0.1) is 26.2 Å². The van der Waals surface area contributed by atoms with Crippen LogP contribution in [0.1, 0.15) is 88.9 Å². The van der Waals surface area contributed by atoms with Crippen molar-refractivity contribution in [2.24, 2.45) is 5.41 Å². The van der Waals surface area contributed by atoms with Crippen molar-refractivity contribution in [2.45, 2.75) is 92.9 Å². The third kappa shape index (κ3) is 6.89. The van der Waals surface area contributed by atoms with Crippen LogP contribution in [0.5, 0.6) is 0 Å². The molecule has 0 aliphatic rings. The molecule has 0 fully saturated rings. The summed E-state index contributed by atoms with van der Waals surface area (Å²) in [6, 6.07) is 26.8. The summed E-state index contributed by atoms with van der Waals surface area (Å²) in [6.07, 6.45) is 0. The molecular weight excluding hydrogens is 519 g/mol. The Balaban J connectivity index is 2.42. The van der Waals surface area contributed by atoms with E-state index in [2.05, 4.69) is 161 Å². The average molecular weight is 571 g/mol. The molecule has 1 nitrogen and oxygen atoms in total. The maximum Gasteiger partial charge on any atom is 0.282 e. The van der Waals surface area contributed by atoms with E-state index in [1.54, 1.807) is 0 Å². The van der Waals surface area contributed by atoms with Crippen molar-refractivity contribution >= 4 is 21.5 Å². The molecule has 0 aliphatic carbocycles. The van der Waals surface area contributed by atoms with E-state index in [1.165, 1.54) is 38.3 Å². The lowest BCUT2D eigenvalue weighted by Gasteiger charge is -2.43. The summed E-state index contributed by atoms with van der Waals surface area (Å²) in [4.78, 5) is 0. The lowest BCUT2D eigenvalue weighted by atomic mass is 9.95. The van der Waals surface area contributed by atoms with Crippen LogP contribution in [-0.4, -0.2) is 8.32 Å². The molecule has 0 aliphatic heterocycles. The summed E-state index contributed by atoms with van der Waals surface area (Å²) in [7, 11) is -3.18. The fourth-order valence-corrected chi connectivity index (χ4v) is 14.2. The number of hydrogen-bond acceptors (Lipinski definition) is 1. The highest BCUT2D eigenvalue weighted by molar-refractivity contribution is 7.69. The molecule has 0 bridgehead atoms. The first-order valence-corrected chi connectivity index (χ1v) is 18.3. The smallest absolute Gasteiger partial charge is 0.282 e. The molecule has 0 spiro atoms. The molecule has 1 unspecified atom stereocenters. The van der Waals surface area contributed by atoms with Crippen molar-refractivity contribution in [2.75, 3.05) is 0 Å². The molecule has 0 radical (unpaired) electrons.